The largest absolute Gasteiger partial charge is 0.495 e. The number of hydrogen-bond donors (Lipinski definition) is 0. The van der Waals surface area contributed by atoms with E-state index in [1.807, 2.05) is 12.1 Å². The first-order valence-electron chi connectivity index (χ1n) is 12.0. The van der Waals surface area contributed by atoms with Crippen molar-refractivity contribution in [2.75, 3.05) is 14.2 Å². The van der Waals surface area contributed by atoms with Crippen LogP contribution in [0.1, 0.15) is 115 Å². The lowest BCUT2D eigenvalue weighted by molar-refractivity contribution is 0.401. The molecular formula is C28H42O2. The van der Waals surface area contributed by atoms with Crippen LogP contribution in [0.15, 0.2) is 12.1 Å². The van der Waals surface area contributed by atoms with Crippen molar-refractivity contribution < 1.29 is 9.47 Å². The third kappa shape index (κ3) is 11.2. The van der Waals surface area contributed by atoms with E-state index < -0.39 is 0 Å². The lowest BCUT2D eigenvalue weighted by atomic mass is 10.1. The molecule has 0 bridgehead atoms. The van der Waals surface area contributed by atoms with Gasteiger partial charge in [-0.05, 0) is 12.8 Å². The van der Waals surface area contributed by atoms with E-state index in [9.17, 15) is 0 Å². The fourth-order valence-corrected chi connectivity index (χ4v) is 3.40. The Balaban J connectivity index is 2.61. The molecule has 0 unspecified atom stereocenters. The molecule has 0 saturated carbocycles. The number of rotatable bonds is 14. The highest BCUT2D eigenvalue weighted by Crippen LogP contribution is 2.28. The second-order valence-corrected chi connectivity index (χ2v) is 7.89. The molecule has 1 rings (SSSR count). The van der Waals surface area contributed by atoms with Crippen molar-refractivity contribution >= 4 is 0 Å². The number of ether oxygens (including phenoxy) is 2. The highest BCUT2D eigenvalue weighted by molar-refractivity contribution is 5.58. The van der Waals surface area contributed by atoms with Crippen LogP contribution in [0.3, 0.4) is 0 Å². The van der Waals surface area contributed by atoms with Crippen molar-refractivity contribution in [1.29, 1.82) is 0 Å². The van der Waals surface area contributed by atoms with E-state index in [1.165, 1.54) is 64.2 Å². The van der Waals surface area contributed by atoms with Gasteiger partial charge in [-0.3, -0.25) is 0 Å². The van der Waals surface area contributed by atoms with Gasteiger partial charge in [0.05, 0.1) is 25.3 Å². The predicted octanol–water partition coefficient (Wildman–Crippen LogP) is 7.91. The minimum atomic E-state index is 0.773. The Bertz CT molecular complexity index is 635. The van der Waals surface area contributed by atoms with Crippen molar-refractivity contribution in [2.24, 2.45) is 0 Å². The van der Waals surface area contributed by atoms with Gasteiger partial charge in [0.2, 0.25) is 0 Å². The Hall–Kier alpha value is -2.06. The van der Waals surface area contributed by atoms with Crippen LogP contribution in [0.25, 0.3) is 0 Å². The van der Waals surface area contributed by atoms with E-state index >= 15 is 0 Å². The standard InChI is InChI=1S/C28H42O2/c1-5-7-9-11-13-15-17-19-21-25-23-28(30-4)26(24-27(25)29-3)22-20-18-16-14-12-10-8-6-2/h23-24H,5-18H2,1-4H3. The molecule has 0 fully saturated rings. The van der Waals surface area contributed by atoms with E-state index in [4.69, 9.17) is 9.47 Å². The van der Waals surface area contributed by atoms with Gasteiger partial charge in [0.1, 0.15) is 11.5 Å². The number of unbranched alkanes of at least 4 members (excludes halogenated alkanes) is 12. The van der Waals surface area contributed by atoms with Gasteiger partial charge in [-0.1, -0.05) is 102 Å². The fourth-order valence-electron chi connectivity index (χ4n) is 3.40. The van der Waals surface area contributed by atoms with Crippen LogP contribution >= 0.6 is 0 Å². The van der Waals surface area contributed by atoms with Gasteiger partial charge in [-0.2, -0.15) is 0 Å². The maximum atomic E-state index is 5.56. The molecule has 0 aromatic heterocycles. The smallest absolute Gasteiger partial charge is 0.135 e. The van der Waals surface area contributed by atoms with Gasteiger partial charge in [0.25, 0.3) is 0 Å². The van der Waals surface area contributed by atoms with E-state index in [0.29, 0.717) is 0 Å². The van der Waals surface area contributed by atoms with Gasteiger partial charge >= 0.3 is 0 Å². The quantitative estimate of drug-likeness (QED) is 0.229. The summed E-state index contributed by atoms with van der Waals surface area (Å²) < 4.78 is 11.1. The zero-order chi connectivity index (χ0) is 21.9. The van der Waals surface area contributed by atoms with Crippen molar-refractivity contribution in [3.63, 3.8) is 0 Å². The third-order valence-electron chi connectivity index (χ3n) is 5.28. The summed E-state index contributed by atoms with van der Waals surface area (Å²) in [4.78, 5) is 0. The molecule has 0 amide bonds. The first kappa shape index (κ1) is 26.0. The minimum Gasteiger partial charge on any atom is -0.495 e. The number of methoxy groups -OCH3 is 2. The van der Waals surface area contributed by atoms with Crippen molar-refractivity contribution in [1.82, 2.24) is 0 Å². The summed E-state index contributed by atoms with van der Waals surface area (Å²) in [6.07, 6.45) is 17.3. The number of benzene rings is 1. The van der Waals surface area contributed by atoms with Crippen LogP contribution in [0.5, 0.6) is 11.5 Å². The summed E-state index contributed by atoms with van der Waals surface area (Å²) in [6, 6.07) is 3.92. The SMILES string of the molecule is CCCCCCCCC#Cc1cc(OC)c(C#CCCCCCCCC)cc1OC. The first-order valence-corrected chi connectivity index (χ1v) is 12.0. The molecule has 1 aromatic rings. The third-order valence-corrected chi connectivity index (χ3v) is 5.28. The highest BCUT2D eigenvalue weighted by Gasteiger charge is 2.08. The molecule has 1 aromatic carbocycles. The summed E-state index contributed by atoms with van der Waals surface area (Å²) >= 11 is 0. The van der Waals surface area contributed by atoms with Gasteiger partial charge in [-0.25, -0.2) is 0 Å². The van der Waals surface area contributed by atoms with Crippen molar-refractivity contribution in [2.45, 2.75) is 104 Å². The molecule has 2 nitrogen and oxygen atoms in total. The lowest BCUT2D eigenvalue weighted by Gasteiger charge is -2.09. The molecule has 0 aliphatic heterocycles. The lowest BCUT2D eigenvalue weighted by Crippen LogP contribution is -1.94. The van der Waals surface area contributed by atoms with Crippen LogP contribution in [-0.4, -0.2) is 14.2 Å². The molecule has 0 heterocycles. The fraction of sp³-hybridized carbons (Fsp3) is 0.643. The van der Waals surface area contributed by atoms with Gasteiger partial charge < -0.3 is 9.47 Å². The zero-order valence-electron chi connectivity index (χ0n) is 19.9. The molecule has 0 aliphatic rings. The summed E-state index contributed by atoms with van der Waals surface area (Å²) in [7, 11) is 3.38. The second kappa shape index (κ2) is 17.8. The molecule has 0 atom stereocenters. The minimum absolute atomic E-state index is 0.773. The van der Waals surface area contributed by atoms with E-state index in [0.717, 1.165) is 48.3 Å². The zero-order valence-corrected chi connectivity index (χ0v) is 19.9. The molecule has 30 heavy (non-hydrogen) atoms. The Morgan fingerprint density at radius 2 is 0.933 bits per heavy atom. The Morgan fingerprint density at radius 3 is 1.30 bits per heavy atom. The second-order valence-electron chi connectivity index (χ2n) is 7.89. The Kier molecular flexibility index (Phi) is 15.4. The average Bonchev–Trinajstić information content (AvgIpc) is 2.77. The normalized spacial score (nSPS) is 10.0. The van der Waals surface area contributed by atoms with Crippen LogP contribution in [0, 0.1) is 23.7 Å². The number of hydrogen-bond acceptors (Lipinski definition) is 2. The Labute approximate surface area is 186 Å². The van der Waals surface area contributed by atoms with E-state index in [-0.39, 0.29) is 0 Å². The van der Waals surface area contributed by atoms with Crippen molar-refractivity contribution in [3.05, 3.63) is 23.3 Å². The van der Waals surface area contributed by atoms with Crippen LogP contribution in [0.2, 0.25) is 0 Å². The molecule has 0 saturated heterocycles. The van der Waals surface area contributed by atoms with Crippen molar-refractivity contribution in [3.8, 4) is 35.2 Å². The summed E-state index contributed by atoms with van der Waals surface area (Å²) in [5, 5.41) is 0. The van der Waals surface area contributed by atoms with Crippen LogP contribution in [-0.2, 0) is 0 Å². The summed E-state index contributed by atoms with van der Waals surface area (Å²) in [5.41, 5.74) is 1.75. The summed E-state index contributed by atoms with van der Waals surface area (Å²) in [5.74, 6) is 14.7. The van der Waals surface area contributed by atoms with E-state index in [2.05, 4.69) is 37.5 Å². The Morgan fingerprint density at radius 1 is 0.567 bits per heavy atom. The maximum absolute atomic E-state index is 5.56. The van der Waals surface area contributed by atoms with Gasteiger partial charge in [0, 0.05) is 25.0 Å². The van der Waals surface area contributed by atoms with Crippen LogP contribution < -0.4 is 9.47 Å². The molecule has 0 N–H and O–H groups in total. The predicted molar refractivity (Wildman–Crippen MR) is 129 cm³/mol. The van der Waals surface area contributed by atoms with Gasteiger partial charge in [-0.15, -0.1) is 0 Å². The van der Waals surface area contributed by atoms with Crippen LogP contribution in [0.4, 0.5) is 0 Å². The molecule has 0 aliphatic carbocycles. The average molecular weight is 411 g/mol. The summed E-state index contributed by atoms with van der Waals surface area (Å²) in [6.45, 7) is 4.50. The molecule has 2 heteroatoms. The first-order chi connectivity index (χ1) is 14.8. The molecular weight excluding hydrogens is 368 g/mol. The molecule has 166 valence electrons. The van der Waals surface area contributed by atoms with Gasteiger partial charge in [0.15, 0.2) is 0 Å². The maximum Gasteiger partial charge on any atom is 0.135 e. The topological polar surface area (TPSA) is 18.5 Å². The highest BCUT2D eigenvalue weighted by atomic mass is 16.5. The van der Waals surface area contributed by atoms with E-state index in [1.54, 1.807) is 14.2 Å². The molecule has 0 spiro atoms. The monoisotopic (exact) mass is 410 g/mol. The molecule has 0 radical (unpaired) electrons.